The number of alkyl halides is 3. The van der Waals surface area contributed by atoms with E-state index in [1.54, 1.807) is 6.26 Å². The molecule has 1 aromatic heterocycles. The molecule has 0 aliphatic carbocycles. The Morgan fingerprint density at radius 3 is 2.71 bits per heavy atom. The second-order valence-electron chi connectivity index (χ2n) is 3.18. The van der Waals surface area contributed by atoms with Gasteiger partial charge in [-0.2, -0.15) is 18.2 Å². The van der Waals surface area contributed by atoms with Gasteiger partial charge in [0, 0.05) is 12.5 Å². The van der Waals surface area contributed by atoms with E-state index in [1.807, 2.05) is 0 Å². The van der Waals surface area contributed by atoms with Crippen molar-refractivity contribution in [3.8, 4) is 5.88 Å². The largest absolute Gasteiger partial charge is 0.478 e. The van der Waals surface area contributed by atoms with E-state index in [-0.39, 0.29) is 24.7 Å². The molecular weight excluding hydrogens is 255 g/mol. The predicted molar refractivity (Wildman–Crippen MR) is 59.0 cm³/mol. The van der Waals surface area contributed by atoms with Gasteiger partial charge in [0.25, 0.3) is 0 Å². The minimum atomic E-state index is -4.15. The Bertz CT molecular complexity index is 373. The summed E-state index contributed by atoms with van der Waals surface area (Å²) in [5.74, 6) is 0.430. The van der Waals surface area contributed by atoms with Crippen LogP contribution in [0.15, 0.2) is 11.2 Å². The fraction of sp³-hybridized carbons (Fsp3) is 0.556. The highest BCUT2D eigenvalue weighted by atomic mass is 32.2. The Balaban J connectivity index is 2.44. The first-order valence-corrected chi connectivity index (χ1v) is 6.01. The van der Waals surface area contributed by atoms with E-state index in [2.05, 4.69) is 9.97 Å². The lowest BCUT2D eigenvalue weighted by molar-refractivity contribution is -0.136. The van der Waals surface area contributed by atoms with Crippen molar-refractivity contribution in [3.05, 3.63) is 6.07 Å². The number of ether oxygens (including phenoxy) is 1. The Morgan fingerprint density at radius 2 is 2.12 bits per heavy atom. The first-order chi connectivity index (χ1) is 7.90. The van der Waals surface area contributed by atoms with Crippen LogP contribution in [0.4, 0.5) is 19.0 Å². The van der Waals surface area contributed by atoms with Crippen LogP contribution in [0.3, 0.4) is 0 Å². The van der Waals surface area contributed by atoms with Crippen LogP contribution in [-0.2, 0) is 0 Å². The van der Waals surface area contributed by atoms with Gasteiger partial charge < -0.3 is 10.5 Å². The van der Waals surface area contributed by atoms with Crippen molar-refractivity contribution in [2.45, 2.75) is 24.2 Å². The molecule has 0 saturated carbocycles. The predicted octanol–water partition coefficient (Wildman–Crippen LogP) is 2.50. The van der Waals surface area contributed by atoms with Gasteiger partial charge >= 0.3 is 6.18 Å². The summed E-state index contributed by atoms with van der Waals surface area (Å²) in [6.45, 7) is -0.0518. The number of hydrogen-bond acceptors (Lipinski definition) is 5. The summed E-state index contributed by atoms with van der Waals surface area (Å²) in [5.41, 5.74) is 5.48. The van der Waals surface area contributed by atoms with Crippen LogP contribution in [0, 0.1) is 0 Å². The molecule has 0 aliphatic heterocycles. The Labute approximate surface area is 101 Å². The molecule has 8 heteroatoms. The Morgan fingerprint density at radius 1 is 1.41 bits per heavy atom. The maximum Gasteiger partial charge on any atom is 0.389 e. The number of aromatic nitrogens is 2. The van der Waals surface area contributed by atoms with E-state index < -0.39 is 12.6 Å². The molecule has 0 atom stereocenters. The van der Waals surface area contributed by atoms with E-state index in [4.69, 9.17) is 10.5 Å². The highest BCUT2D eigenvalue weighted by Gasteiger charge is 2.26. The summed E-state index contributed by atoms with van der Waals surface area (Å²) in [6.07, 6.45) is -3.37. The lowest BCUT2D eigenvalue weighted by Crippen LogP contribution is -2.10. The average molecular weight is 267 g/mol. The van der Waals surface area contributed by atoms with Gasteiger partial charge in [-0.3, -0.25) is 0 Å². The van der Waals surface area contributed by atoms with Gasteiger partial charge in [-0.05, 0) is 12.7 Å². The molecule has 0 bridgehead atoms. The van der Waals surface area contributed by atoms with Crippen molar-refractivity contribution in [1.29, 1.82) is 0 Å². The van der Waals surface area contributed by atoms with Crippen molar-refractivity contribution in [2.24, 2.45) is 0 Å². The van der Waals surface area contributed by atoms with Crippen LogP contribution in [0.25, 0.3) is 0 Å². The first-order valence-electron chi connectivity index (χ1n) is 4.79. The van der Waals surface area contributed by atoms with Crippen LogP contribution in [0.2, 0.25) is 0 Å². The highest BCUT2D eigenvalue weighted by molar-refractivity contribution is 7.98. The molecule has 96 valence electrons. The number of nitrogens with two attached hydrogens (primary N) is 1. The molecule has 0 saturated heterocycles. The fourth-order valence-electron chi connectivity index (χ4n) is 1.04. The SMILES string of the molecule is CSc1nc(N)cc(OCCCC(F)(F)F)n1. The molecule has 0 radical (unpaired) electrons. The smallest absolute Gasteiger partial charge is 0.389 e. The summed E-state index contributed by atoms with van der Waals surface area (Å²) >= 11 is 1.28. The van der Waals surface area contributed by atoms with Crippen molar-refractivity contribution >= 4 is 17.6 Å². The molecule has 2 N–H and O–H groups in total. The summed E-state index contributed by atoms with van der Waals surface area (Å²) in [6, 6.07) is 1.38. The maximum atomic E-state index is 11.9. The van der Waals surface area contributed by atoms with E-state index in [9.17, 15) is 13.2 Å². The minimum absolute atomic E-state index is 0.0518. The van der Waals surface area contributed by atoms with Gasteiger partial charge in [-0.1, -0.05) is 11.8 Å². The van der Waals surface area contributed by atoms with Crippen LogP contribution < -0.4 is 10.5 Å². The lowest BCUT2D eigenvalue weighted by Gasteiger charge is -2.08. The van der Waals surface area contributed by atoms with Gasteiger partial charge in [-0.15, -0.1) is 0 Å². The van der Waals surface area contributed by atoms with E-state index in [0.29, 0.717) is 5.16 Å². The maximum absolute atomic E-state index is 11.9. The molecule has 0 fully saturated rings. The number of nitrogen functional groups attached to an aromatic ring is 1. The molecule has 4 nitrogen and oxygen atoms in total. The lowest BCUT2D eigenvalue weighted by atomic mass is 10.3. The number of nitrogens with zero attached hydrogens (tertiary/aromatic N) is 2. The van der Waals surface area contributed by atoms with E-state index >= 15 is 0 Å². The summed E-state index contributed by atoms with van der Waals surface area (Å²) < 4.78 is 40.7. The molecule has 1 heterocycles. The molecule has 1 aromatic rings. The second kappa shape index (κ2) is 5.95. The monoisotopic (exact) mass is 267 g/mol. The standard InChI is InChI=1S/C9H12F3N3OS/c1-17-8-14-6(13)5-7(15-8)16-4-2-3-9(10,11)12/h5H,2-4H2,1H3,(H2,13,14,15). The minimum Gasteiger partial charge on any atom is -0.478 e. The molecule has 0 unspecified atom stereocenters. The van der Waals surface area contributed by atoms with Gasteiger partial charge in [-0.25, -0.2) is 4.98 Å². The third-order valence-corrected chi connectivity index (χ3v) is 2.29. The topological polar surface area (TPSA) is 61.0 Å². The molecule has 0 amide bonds. The zero-order chi connectivity index (χ0) is 12.9. The third kappa shape index (κ3) is 5.62. The van der Waals surface area contributed by atoms with Crippen molar-refractivity contribution in [3.63, 3.8) is 0 Å². The molecule has 0 aromatic carbocycles. The zero-order valence-corrected chi connectivity index (χ0v) is 9.94. The van der Waals surface area contributed by atoms with Gasteiger partial charge in [0.1, 0.15) is 5.82 Å². The highest BCUT2D eigenvalue weighted by Crippen LogP contribution is 2.22. The average Bonchev–Trinajstić information content (AvgIpc) is 2.22. The quantitative estimate of drug-likeness (QED) is 0.504. The second-order valence-corrected chi connectivity index (χ2v) is 3.96. The number of hydrogen-bond donors (Lipinski definition) is 1. The summed E-state index contributed by atoms with van der Waals surface area (Å²) in [4.78, 5) is 7.84. The van der Waals surface area contributed by atoms with Crippen molar-refractivity contribution in [2.75, 3.05) is 18.6 Å². The fourth-order valence-corrected chi connectivity index (χ4v) is 1.41. The summed E-state index contributed by atoms with van der Waals surface area (Å²) in [7, 11) is 0. The van der Waals surface area contributed by atoms with Gasteiger partial charge in [0.15, 0.2) is 5.16 Å². The van der Waals surface area contributed by atoms with Gasteiger partial charge in [0.2, 0.25) is 5.88 Å². The van der Waals surface area contributed by atoms with Crippen molar-refractivity contribution in [1.82, 2.24) is 9.97 Å². The Hall–Kier alpha value is -1.18. The number of halogens is 3. The van der Waals surface area contributed by atoms with Crippen LogP contribution in [0.1, 0.15) is 12.8 Å². The summed E-state index contributed by atoms with van der Waals surface area (Å²) in [5, 5.41) is 0.427. The van der Waals surface area contributed by atoms with Crippen molar-refractivity contribution < 1.29 is 17.9 Å². The van der Waals surface area contributed by atoms with Crippen LogP contribution in [0.5, 0.6) is 5.88 Å². The molecule has 0 spiro atoms. The normalized spacial score (nSPS) is 11.5. The number of thioether (sulfide) groups is 1. The third-order valence-electron chi connectivity index (χ3n) is 1.74. The van der Waals surface area contributed by atoms with Crippen LogP contribution in [-0.4, -0.2) is 29.0 Å². The number of rotatable bonds is 5. The zero-order valence-electron chi connectivity index (χ0n) is 9.12. The molecular formula is C9H12F3N3OS. The molecule has 1 rings (SSSR count). The molecule has 0 aliphatic rings. The van der Waals surface area contributed by atoms with E-state index in [1.165, 1.54) is 17.8 Å². The van der Waals surface area contributed by atoms with E-state index in [0.717, 1.165) is 0 Å². The van der Waals surface area contributed by atoms with Gasteiger partial charge in [0.05, 0.1) is 6.61 Å². The molecule has 17 heavy (non-hydrogen) atoms. The van der Waals surface area contributed by atoms with Crippen LogP contribution >= 0.6 is 11.8 Å². The Kier molecular flexibility index (Phi) is 4.86. The first kappa shape index (κ1) is 13.9. The number of anilines is 1.